The van der Waals surface area contributed by atoms with Gasteiger partial charge in [-0.1, -0.05) is 11.6 Å². The Kier molecular flexibility index (Phi) is 6.44. The lowest BCUT2D eigenvalue weighted by Crippen LogP contribution is -2.36. The third-order valence-corrected chi connectivity index (χ3v) is 2.63. The predicted octanol–water partition coefficient (Wildman–Crippen LogP) is 3.67. The van der Waals surface area contributed by atoms with Gasteiger partial charge in [0.2, 0.25) is 0 Å². The third kappa shape index (κ3) is 7.51. The van der Waals surface area contributed by atoms with Crippen molar-refractivity contribution in [2.45, 2.75) is 45.6 Å². The van der Waals surface area contributed by atoms with Crippen LogP contribution < -0.4 is 10.1 Å². The van der Waals surface area contributed by atoms with E-state index in [-0.39, 0.29) is 5.54 Å². The maximum atomic E-state index is 5.82. The summed E-state index contributed by atoms with van der Waals surface area (Å²) in [7, 11) is 0. The predicted molar refractivity (Wildman–Crippen MR) is 76.3 cm³/mol. The molecule has 0 aliphatic carbocycles. The molecule has 0 saturated carbocycles. The second kappa shape index (κ2) is 7.59. The van der Waals surface area contributed by atoms with Gasteiger partial charge < -0.3 is 10.1 Å². The molecule has 18 heavy (non-hydrogen) atoms. The zero-order chi connectivity index (χ0) is 13.4. The molecule has 0 aromatic carbocycles. The summed E-state index contributed by atoms with van der Waals surface area (Å²) in [5, 5.41) is 4.08. The van der Waals surface area contributed by atoms with Crippen LogP contribution in [0, 0.1) is 0 Å². The van der Waals surface area contributed by atoms with Crippen molar-refractivity contribution in [3.05, 3.63) is 23.5 Å². The number of unbranched alkanes of at least 4 members (excludes halogenated alkanes) is 2. The van der Waals surface area contributed by atoms with Crippen molar-refractivity contribution < 1.29 is 4.74 Å². The second-order valence-corrected chi connectivity index (χ2v) is 5.86. The Morgan fingerprint density at radius 1 is 1.22 bits per heavy atom. The molecular weight excluding hydrogens is 248 g/mol. The Morgan fingerprint density at radius 2 is 2.00 bits per heavy atom. The first kappa shape index (κ1) is 15.3. The van der Waals surface area contributed by atoms with Crippen LogP contribution >= 0.6 is 11.6 Å². The molecule has 3 nitrogen and oxygen atoms in total. The average Bonchev–Trinajstić information content (AvgIpc) is 2.26. The highest BCUT2D eigenvalue weighted by Crippen LogP contribution is 2.15. The summed E-state index contributed by atoms with van der Waals surface area (Å²) in [6.07, 6.45) is 6.68. The molecule has 0 saturated heterocycles. The van der Waals surface area contributed by atoms with Crippen LogP contribution in [0.15, 0.2) is 18.5 Å². The van der Waals surface area contributed by atoms with Crippen molar-refractivity contribution in [3.63, 3.8) is 0 Å². The SMILES string of the molecule is CC(C)(C)NCCCCCOc1cncc(Cl)c1. The van der Waals surface area contributed by atoms with E-state index in [1.54, 1.807) is 18.5 Å². The van der Waals surface area contributed by atoms with Crippen LogP contribution in [0.1, 0.15) is 40.0 Å². The number of nitrogens with one attached hydrogen (secondary N) is 1. The quantitative estimate of drug-likeness (QED) is 0.768. The molecule has 0 amide bonds. The molecule has 1 aromatic rings. The molecule has 1 aromatic heterocycles. The van der Waals surface area contributed by atoms with Crippen LogP contribution in [0.3, 0.4) is 0 Å². The molecule has 0 spiro atoms. The smallest absolute Gasteiger partial charge is 0.139 e. The molecule has 0 aliphatic rings. The maximum absolute atomic E-state index is 5.82. The summed E-state index contributed by atoms with van der Waals surface area (Å²) in [6.45, 7) is 8.33. The van der Waals surface area contributed by atoms with Gasteiger partial charge in [-0.3, -0.25) is 4.98 Å². The van der Waals surface area contributed by atoms with E-state index in [1.807, 2.05) is 0 Å². The Bertz CT molecular complexity index is 350. The van der Waals surface area contributed by atoms with Crippen LogP contribution in [-0.4, -0.2) is 23.7 Å². The monoisotopic (exact) mass is 270 g/mol. The van der Waals surface area contributed by atoms with Gasteiger partial charge in [0.25, 0.3) is 0 Å². The fourth-order valence-electron chi connectivity index (χ4n) is 1.53. The van der Waals surface area contributed by atoms with Crippen LogP contribution in [0.4, 0.5) is 0 Å². The van der Waals surface area contributed by atoms with E-state index >= 15 is 0 Å². The first-order valence-electron chi connectivity index (χ1n) is 6.46. The van der Waals surface area contributed by atoms with Gasteiger partial charge in [-0.15, -0.1) is 0 Å². The standard InChI is InChI=1S/C14H23ClN2O/c1-14(2,3)17-7-5-4-6-8-18-13-9-12(15)10-16-11-13/h9-11,17H,4-8H2,1-3H3. The molecule has 0 bridgehead atoms. The summed E-state index contributed by atoms with van der Waals surface area (Å²) in [4.78, 5) is 3.97. The summed E-state index contributed by atoms with van der Waals surface area (Å²) >= 11 is 5.82. The zero-order valence-corrected chi connectivity index (χ0v) is 12.3. The number of nitrogens with zero attached hydrogens (tertiary/aromatic N) is 1. The van der Waals surface area contributed by atoms with Crippen molar-refractivity contribution in [3.8, 4) is 5.75 Å². The number of aromatic nitrogens is 1. The largest absolute Gasteiger partial charge is 0.492 e. The van der Waals surface area contributed by atoms with Crippen molar-refractivity contribution in [2.75, 3.05) is 13.2 Å². The number of pyridine rings is 1. The average molecular weight is 271 g/mol. The van der Waals surface area contributed by atoms with Gasteiger partial charge in [-0.25, -0.2) is 0 Å². The van der Waals surface area contributed by atoms with Crippen molar-refractivity contribution in [2.24, 2.45) is 0 Å². The Labute approximate surface area is 115 Å². The van der Waals surface area contributed by atoms with Gasteiger partial charge in [-0.2, -0.15) is 0 Å². The van der Waals surface area contributed by atoms with Crippen molar-refractivity contribution >= 4 is 11.6 Å². The zero-order valence-electron chi connectivity index (χ0n) is 11.5. The molecule has 0 aliphatic heterocycles. The first-order chi connectivity index (χ1) is 8.47. The van der Waals surface area contributed by atoms with Crippen LogP contribution in [0.5, 0.6) is 5.75 Å². The summed E-state index contributed by atoms with van der Waals surface area (Å²) in [5.41, 5.74) is 0.211. The van der Waals surface area contributed by atoms with Crippen LogP contribution in [0.25, 0.3) is 0 Å². The van der Waals surface area contributed by atoms with Gasteiger partial charge in [0, 0.05) is 17.8 Å². The molecular formula is C14H23ClN2O. The maximum Gasteiger partial charge on any atom is 0.139 e. The van der Waals surface area contributed by atoms with E-state index in [9.17, 15) is 0 Å². The molecule has 1 rings (SSSR count). The molecule has 1 N–H and O–H groups in total. The van der Waals surface area contributed by atoms with Crippen molar-refractivity contribution in [1.82, 2.24) is 10.3 Å². The van der Waals surface area contributed by atoms with Crippen LogP contribution in [0.2, 0.25) is 5.02 Å². The fourth-order valence-corrected chi connectivity index (χ4v) is 1.69. The van der Waals surface area contributed by atoms with Gasteiger partial charge in [0.05, 0.1) is 17.8 Å². The number of ether oxygens (including phenoxy) is 1. The minimum Gasteiger partial charge on any atom is -0.492 e. The van der Waals surface area contributed by atoms with E-state index in [4.69, 9.17) is 16.3 Å². The van der Waals surface area contributed by atoms with E-state index in [0.29, 0.717) is 5.02 Å². The van der Waals surface area contributed by atoms with E-state index < -0.39 is 0 Å². The molecule has 1 heterocycles. The Balaban J connectivity index is 2.02. The number of halogens is 1. The molecule has 0 fully saturated rings. The van der Waals surface area contributed by atoms with Gasteiger partial charge in [0.1, 0.15) is 5.75 Å². The lowest BCUT2D eigenvalue weighted by atomic mass is 10.1. The minimum absolute atomic E-state index is 0.211. The summed E-state index contributed by atoms with van der Waals surface area (Å²) < 4.78 is 5.57. The fraction of sp³-hybridized carbons (Fsp3) is 0.643. The van der Waals surface area contributed by atoms with Gasteiger partial charge in [0.15, 0.2) is 0 Å². The van der Waals surface area contributed by atoms with Crippen LogP contribution in [-0.2, 0) is 0 Å². The molecule has 4 heteroatoms. The molecule has 102 valence electrons. The lowest BCUT2D eigenvalue weighted by Gasteiger charge is -2.20. The Hall–Kier alpha value is -0.800. The first-order valence-corrected chi connectivity index (χ1v) is 6.83. The number of hydrogen-bond acceptors (Lipinski definition) is 3. The van der Waals surface area contributed by atoms with E-state index in [0.717, 1.165) is 31.7 Å². The highest BCUT2D eigenvalue weighted by Gasteiger charge is 2.06. The lowest BCUT2D eigenvalue weighted by molar-refractivity contribution is 0.302. The number of hydrogen-bond donors (Lipinski definition) is 1. The highest BCUT2D eigenvalue weighted by molar-refractivity contribution is 6.30. The normalized spacial score (nSPS) is 11.6. The highest BCUT2D eigenvalue weighted by atomic mass is 35.5. The van der Waals surface area contributed by atoms with Crippen molar-refractivity contribution in [1.29, 1.82) is 0 Å². The van der Waals surface area contributed by atoms with E-state index in [1.165, 1.54) is 6.42 Å². The Morgan fingerprint density at radius 3 is 2.67 bits per heavy atom. The summed E-state index contributed by atoms with van der Waals surface area (Å²) in [6, 6.07) is 1.79. The number of rotatable bonds is 7. The second-order valence-electron chi connectivity index (χ2n) is 5.42. The summed E-state index contributed by atoms with van der Waals surface area (Å²) in [5.74, 6) is 0.746. The van der Waals surface area contributed by atoms with Gasteiger partial charge in [-0.05, 0) is 46.6 Å². The molecule has 0 atom stereocenters. The third-order valence-electron chi connectivity index (χ3n) is 2.42. The minimum atomic E-state index is 0.211. The van der Waals surface area contributed by atoms with E-state index in [2.05, 4.69) is 31.1 Å². The van der Waals surface area contributed by atoms with Gasteiger partial charge >= 0.3 is 0 Å². The topological polar surface area (TPSA) is 34.1 Å². The molecule has 0 unspecified atom stereocenters. The molecule has 0 radical (unpaired) electrons.